The number of halogens is 1. The minimum Gasteiger partial charge on any atom is -0.396 e. The topological polar surface area (TPSA) is 32.3 Å². The summed E-state index contributed by atoms with van der Waals surface area (Å²) in [5.74, 6) is 0. The van der Waals surface area contributed by atoms with Gasteiger partial charge in [0, 0.05) is 16.2 Å². The van der Waals surface area contributed by atoms with E-state index < -0.39 is 0 Å². The zero-order chi connectivity index (χ0) is 9.68. The average molecular weight is 291 g/mol. The molecule has 0 bridgehead atoms. The molecule has 0 heterocycles. The summed E-state index contributed by atoms with van der Waals surface area (Å²) in [4.78, 5) is 0. The lowest BCUT2D eigenvalue weighted by Gasteiger charge is -2.16. The Hall–Kier alpha value is -0.130. The third-order valence-electron chi connectivity index (χ3n) is 2.05. The molecule has 0 aromatic heterocycles. The van der Waals surface area contributed by atoms with Crippen molar-refractivity contribution < 1.29 is 5.11 Å². The third-order valence-corrected chi connectivity index (χ3v) is 3.03. The first-order chi connectivity index (χ1) is 6.29. The Morgan fingerprint density at radius 1 is 1.46 bits per heavy atom. The number of hydrogen-bond donors (Lipinski definition) is 2. The number of rotatable bonds is 4. The summed E-state index contributed by atoms with van der Waals surface area (Å²) >= 11 is 2.32. The van der Waals surface area contributed by atoms with Crippen LogP contribution >= 0.6 is 22.6 Å². The first kappa shape index (κ1) is 10.9. The molecule has 2 nitrogen and oxygen atoms in total. The molecule has 0 spiro atoms. The molecule has 0 saturated heterocycles. The molecule has 1 rings (SSSR count). The van der Waals surface area contributed by atoms with Gasteiger partial charge in [-0.25, -0.2) is 0 Å². The van der Waals surface area contributed by atoms with E-state index in [1.165, 1.54) is 9.13 Å². The molecule has 2 N–H and O–H groups in total. The number of aliphatic hydroxyl groups excluding tert-OH is 1. The van der Waals surface area contributed by atoms with Gasteiger partial charge < -0.3 is 10.4 Å². The fourth-order valence-electron chi connectivity index (χ4n) is 1.34. The van der Waals surface area contributed by atoms with Crippen molar-refractivity contribution in [2.75, 3.05) is 13.7 Å². The lowest BCUT2D eigenvalue weighted by atomic mass is 10.0. The Balaban J connectivity index is 2.84. The number of benzene rings is 1. The van der Waals surface area contributed by atoms with Crippen LogP contribution in [0.3, 0.4) is 0 Å². The molecule has 3 heteroatoms. The van der Waals surface area contributed by atoms with Crippen LogP contribution in [0.1, 0.15) is 18.0 Å². The molecule has 0 aliphatic heterocycles. The van der Waals surface area contributed by atoms with Gasteiger partial charge in [-0.3, -0.25) is 0 Å². The van der Waals surface area contributed by atoms with Gasteiger partial charge >= 0.3 is 0 Å². The Bertz CT molecular complexity index is 265. The smallest absolute Gasteiger partial charge is 0.0449 e. The molecule has 0 amide bonds. The molecule has 0 aliphatic rings. The fraction of sp³-hybridized carbons (Fsp3) is 0.400. The second-order valence-corrected chi connectivity index (χ2v) is 4.04. The van der Waals surface area contributed by atoms with Gasteiger partial charge in [0.15, 0.2) is 0 Å². The SMILES string of the molecule is CNC(CCO)c1ccccc1I. The van der Waals surface area contributed by atoms with E-state index in [0.29, 0.717) is 0 Å². The van der Waals surface area contributed by atoms with Crippen molar-refractivity contribution >= 4 is 22.6 Å². The number of aliphatic hydroxyl groups is 1. The highest BCUT2D eigenvalue weighted by Crippen LogP contribution is 2.21. The maximum Gasteiger partial charge on any atom is 0.0449 e. The summed E-state index contributed by atoms with van der Waals surface area (Å²) in [6, 6.07) is 8.49. The molecule has 1 aromatic carbocycles. The number of nitrogens with one attached hydrogen (secondary N) is 1. The van der Waals surface area contributed by atoms with Crippen molar-refractivity contribution in [3.8, 4) is 0 Å². The highest BCUT2D eigenvalue weighted by Gasteiger charge is 2.10. The summed E-state index contributed by atoms with van der Waals surface area (Å²) in [6.45, 7) is 0.219. The number of hydrogen-bond acceptors (Lipinski definition) is 2. The molecule has 1 aromatic rings. The van der Waals surface area contributed by atoms with Gasteiger partial charge in [0.1, 0.15) is 0 Å². The standard InChI is InChI=1S/C10H14INO/c1-12-10(6-7-13)8-4-2-3-5-9(8)11/h2-5,10,12-13H,6-7H2,1H3. The largest absolute Gasteiger partial charge is 0.396 e. The van der Waals surface area contributed by atoms with Crippen LogP contribution in [0.25, 0.3) is 0 Å². The predicted octanol–water partition coefficient (Wildman–Crippen LogP) is 1.93. The quantitative estimate of drug-likeness (QED) is 0.831. The van der Waals surface area contributed by atoms with Crippen LogP contribution in [0.5, 0.6) is 0 Å². The molecule has 13 heavy (non-hydrogen) atoms. The summed E-state index contributed by atoms with van der Waals surface area (Å²) < 4.78 is 1.24. The van der Waals surface area contributed by atoms with Crippen LogP contribution in [0.2, 0.25) is 0 Å². The van der Waals surface area contributed by atoms with Crippen molar-refractivity contribution in [1.82, 2.24) is 5.32 Å². The molecule has 72 valence electrons. The van der Waals surface area contributed by atoms with Gasteiger partial charge in [-0.2, -0.15) is 0 Å². The second-order valence-electron chi connectivity index (χ2n) is 2.88. The molecule has 0 fully saturated rings. The molecule has 0 saturated carbocycles. The van der Waals surface area contributed by atoms with E-state index in [9.17, 15) is 0 Å². The Labute approximate surface area is 92.5 Å². The van der Waals surface area contributed by atoms with Gasteiger partial charge in [-0.05, 0) is 47.7 Å². The summed E-state index contributed by atoms with van der Waals surface area (Å²) in [7, 11) is 1.92. The van der Waals surface area contributed by atoms with E-state index in [4.69, 9.17) is 5.11 Å². The first-order valence-electron chi connectivity index (χ1n) is 4.32. The van der Waals surface area contributed by atoms with E-state index in [0.717, 1.165) is 6.42 Å². The van der Waals surface area contributed by atoms with Crippen molar-refractivity contribution in [1.29, 1.82) is 0 Å². The van der Waals surface area contributed by atoms with Gasteiger partial charge in [-0.1, -0.05) is 18.2 Å². The van der Waals surface area contributed by atoms with Gasteiger partial charge in [0.25, 0.3) is 0 Å². The minimum atomic E-state index is 0.219. The van der Waals surface area contributed by atoms with Gasteiger partial charge in [0.05, 0.1) is 0 Å². The predicted molar refractivity (Wildman–Crippen MR) is 62.7 cm³/mol. The first-order valence-corrected chi connectivity index (χ1v) is 5.40. The Morgan fingerprint density at radius 3 is 2.69 bits per heavy atom. The van der Waals surface area contributed by atoms with Crippen LogP contribution in [-0.4, -0.2) is 18.8 Å². The third kappa shape index (κ3) is 2.93. The lowest BCUT2D eigenvalue weighted by Crippen LogP contribution is -2.18. The lowest BCUT2D eigenvalue weighted by molar-refractivity contribution is 0.268. The highest BCUT2D eigenvalue weighted by atomic mass is 127. The normalized spacial score (nSPS) is 12.8. The van der Waals surface area contributed by atoms with Gasteiger partial charge in [-0.15, -0.1) is 0 Å². The van der Waals surface area contributed by atoms with E-state index >= 15 is 0 Å². The van der Waals surface area contributed by atoms with Crippen LogP contribution in [-0.2, 0) is 0 Å². The van der Waals surface area contributed by atoms with Crippen LogP contribution in [0, 0.1) is 3.57 Å². The minimum absolute atomic E-state index is 0.219. The highest BCUT2D eigenvalue weighted by molar-refractivity contribution is 14.1. The van der Waals surface area contributed by atoms with E-state index in [-0.39, 0.29) is 12.6 Å². The second kappa shape index (κ2) is 5.57. The zero-order valence-corrected chi connectivity index (χ0v) is 9.78. The average Bonchev–Trinajstić information content (AvgIpc) is 2.16. The van der Waals surface area contributed by atoms with Crippen molar-refractivity contribution in [3.63, 3.8) is 0 Å². The molecule has 0 radical (unpaired) electrons. The molecule has 1 atom stereocenters. The summed E-state index contributed by atoms with van der Waals surface area (Å²) in [5.41, 5.74) is 1.26. The summed E-state index contributed by atoms with van der Waals surface area (Å²) in [6.07, 6.45) is 0.760. The Morgan fingerprint density at radius 2 is 2.15 bits per heavy atom. The zero-order valence-electron chi connectivity index (χ0n) is 7.63. The molecular weight excluding hydrogens is 277 g/mol. The van der Waals surface area contributed by atoms with E-state index in [1.54, 1.807) is 0 Å². The fourth-order valence-corrected chi connectivity index (χ4v) is 2.11. The Kier molecular flexibility index (Phi) is 4.69. The van der Waals surface area contributed by atoms with Crippen molar-refractivity contribution in [2.24, 2.45) is 0 Å². The van der Waals surface area contributed by atoms with E-state index in [1.807, 2.05) is 19.2 Å². The molecular formula is C10H14INO. The molecule has 0 aliphatic carbocycles. The monoisotopic (exact) mass is 291 g/mol. The summed E-state index contributed by atoms with van der Waals surface area (Å²) in [5, 5.41) is 12.1. The maximum atomic E-state index is 8.88. The van der Waals surface area contributed by atoms with Gasteiger partial charge in [0.2, 0.25) is 0 Å². The molecule has 1 unspecified atom stereocenters. The maximum absolute atomic E-state index is 8.88. The van der Waals surface area contributed by atoms with Crippen LogP contribution in [0.4, 0.5) is 0 Å². The van der Waals surface area contributed by atoms with Crippen LogP contribution in [0.15, 0.2) is 24.3 Å². The van der Waals surface area contributed by atoms with E-state index in [2.05, 4.69) is 40.0 Å². The van der Waals surface area contributed by atoms with Crippen molar-refractivity contribution in [2.45, 2.75) is 12.5 Å². The van der Waals surface area contributed by atoms with Crippen molar-refractivity contribution in [3.05, 3.63) is 33.4 Å². The van der Waals surface area contributed by atoms with Crippen LogP contribution < -0.4 is 5.32 Å².